The number of anilines is 1. The number of benzene rings is 6. The lowest BCUT2D eigenvalue weighted by atomic mass is 9.92. The topological polar surface area (TPSA) is 426 Å². The number of halogens is 1. The number of aromatic carboxylic acids is 6. The first-order valence-corrected chi connectivity index (χ1v) is 44.0. The summed E-state index contributed by atoms with van der Waals surface area (Å²) in [5, 5.41) is 63.7. The number of imidazole rings is 6. The number of nitrogens with one attached hydrogen (secondary N) is 2. The molecule has 712 valence electrons. The van der Waals surface area contributed by atoms with E-state index in [1.54, 1.807) is 172 Å². The Hall–Kier alpha value is -17.3. The van der Waals surface area contributed by atoms with Crippen molar-refractivity contribution >= 4 is 87.0 Å². The SMILES string of the molecule is COc1cc(C)ccc1CNc1cc(C(=O)O)n2ccnc2c1.COc1cc(C)ccc1COc1cc(C(=O)O)n2ccnc2c1.COc1cc(C)ccc1COc1ccc2nccn2c1C(=O)O.COc1cc(C)ccc1OCc1cc(C(=O)O)n2ccnc2c1.COc1ccc(Cl)cc1CCc1cc(C(=O)O)n2ccnc2c1.O=C(O)c1c(CCc2cccc3c2CNCC3)ccc2nccn12. The van der Waals surface area contributed by atoms with Crippen molar-refractivity contribution in [3.05, 3.63) is 373 Å². The molecule has 13 heterocycles. The molecule has 18 aromatic rings. The number of pyridine rings is 6. The Kier molecular flexibility index (Phi) is 31.8. The second kappa shape index (κ2) is 45.2. The van der Waals surface area contributed by atoms with E-state index in [1.807, 2.05) is 137 Å². The molecule has 12 aromatic heterocycles. The van der Waals surface area contributed by atoms with E-state index < -0.39 is 35.8 Å². The molecule has 139 heavy (non-hydrogen) atoms. The van der Waals surface area contributed by atoms with Gasteiger partial charge in [-0.25, -0.2) is 58.7 Å². The van der Waals surface area contributed by atoms with Gasteiger partial charge in [0.2, 0.25) is 0 Å². The van der Waals surface area contributed by atoms with Crippen LogP contribution in [0.3, 0.4) is 0 Å². The van der Waals surface area contributed by atoms with Gasteiger partial charge < -0.3 is 79.2 Å². The molecule has 0 unspecified atom stereocenters. The highest BCUT2D eigenvalue weighted by atomic mass is 35.5. The number of nitrogens with zero attached hydrogens (tertiary/aromatic N) is 12. The summed E-state index contributed by atoms with van der Waals surface area (Å²) < 4.78 is 53.2. The van der Waals surface area contributed by atoms with Crippen LogP contribution in [0.25, 0.3) is 33.9 Å². The summed E-state index contributed by atoms with van der Waals surface area (Å²) in [7, 11) is 8.04. The molecule has 1 aliphatic heterocycles. The first-order chi connectivity index (χ1) is 67.2. The van der Waals surface area contributed by atoms with Crippen LogP contribution in [-0.4, -0.2) is 165 Å². The lowest BCUT2D eigenvalue weighted by Crippen LogP contribution is -2.24. The average Bonchev–Trinajstić information content (AvgIpc) is 1.69. The molecule has 0 spiro atoms. The Labute approximate surface area is 801 Å². The number of carbonyl (C=O) groups is 6. The summed E-state index contributed by atoms with van der Waals surface area (Å²) in [6.07, 6.45) is 23.2. The van der Waals surface area contributed by atoms with Gasteiger partial charge in [0.15, 0.2) is 22.9 Å². The Morgan fingerprint density at radius 3 is 1.33 bits per heavy atom. The van der Waals surface area contributed by atoms with E-state index in [2.05, 4.69) is 58.7 Å². The van der Waals surface area contributed by atoms with E-state index in [4.69, 9.17) is 49.5 Å². The molecule has 0 radical (unpaired) electrons. The number of aryl methyl sites for hydroxylation is 8. The van der Waals surface area contributed by atoms with Gasteiger partial charge in [0.05, 0.1) is 35.5 Å². The van der Waals surface area contributed by atoms with Crippen molar-refractivity contribution in [3.8, 4) is 46.0 Å². The molecule has 0 fully saturated rings. The number of fused-ring (bicyclic) bond motifs is 7. The predicted octanol–water partition coefficient (Wildman–Crippen LogP) is 17.7. The van der Waals surface area contributed by atoms with Gasteiger partial charge in [0.1, 0.15) is 111 Å². The number of hydrogen-bond donors (Lipinski definition) is 8. The van der Waals surface area contributed by atoms with Gasteiger partial charge in [0.25, 0.3) is 0 Å². The number of carboxylic acids is 6. The summed E-state index contributed by atoms with van der Waals surface area (Å²) in [5.74, 6) is -0.986. The molecule has 0 amide bonds. The van der Waals surface area contributed by atoms with Gasteiger partial charge in [-0.05, 0) is 225 Å². The number of rotatable bonds is 29. The van der Waals surface area contributed by atoms with Crippen LogP contribution in [0, 0.1) is 27.7 Å². The number of hydrogen-bond acceptors (Lipinski definition) is 22. The minimum atomic E-state index is -1.07. The summed E-state index contributed by atoms with van der Waals surface area (Å²) >= 11 is 6.04. The molecule has 0 saturated carbocycles. The molecule has 0 atom stereocenters. The molecular formula is C104H99ClN14O20. The molecule has 35 heteroatoms. The van der Waals surface area contributed by atoms with E-state index >= 15 is 0 Å². The van der Waals surface area contributed by atoms with E-state index in [-0.39, 0.29) is 54.0 Å². The standard InChI is InChI=1S/C19H19N3O2.C17H15ClN2O3.C17H17N3O3.3C17H16N2O4/c23-19(24)18-15(6-7-17-21-10-11-22(17)18)5-4-13-2-1-3-14-8-9-20-12-16(13)14;1-23-15-5-4-13(18)10-12(15)3-2-11-8-14(17(21)22)20-7-6-19-16(20)9-11;1-11-3-4-12(15(7-11)23-2)10-19-13-8-14(17(21)22)20-6-5-18-16(20)9-13;1-11-3-4-14(15(7-11)22-2)23-10-12-8-13(17(20)21)19-6-5-18-16(19)9-12;1-11-3-4-12(15(7-11)22-2)10-23-13-8-14(17(20)21)19-6-5-18-16(19)9-13;1-11-3-4-12(14(9-11)22-2)10-23-13-5-6-15-18-7-8-19(15)16(13)17(20)21/h1-3,6-7,10-11,20H,4-5,8-9,12H2,(H,23,24);4-10H,2-3H2,1H3,(H,21,22);3-9,19H,10H2,1-2H3,(H,21,22);3*3-9H,10H2,1-2H3,(H,20,21). The zero-order valence-corrected chi connectivity index (χ0v) is 77.9. The molecule has 0 bridgehead atoms. The second-order valence-electron chi connectivity index (χ2n) is 32.0. The van der Waals surface area contributed by atoms with Crippen molar-refractivity contribution in [2.24, 2.45) is 0 Å². The van der Waals surface area contributed by atoms with Crippen LogP contribution >= 0.6 is 11.6 Å². The van der Waals surface area contributed by atoms with E-state index in [0.29, 0.717) is 99.1 Å². The monoisotopic (exact) mass is 1900 g/mol. The van der Waals surface area contributed by atoms with Crippen molar-refractivity contribution in [2.75, 3.05) is 47.4 Å². The summed E-state index contributed by atoms with van der Waals surface area (Å²) in [6, 6.07) is 55.8. The fraction of sp³-hybridized carbons (Fsp3) is 0.192. The van der Waals surface area contributed by atoms with Crippen molar-refractivity contribution in [3.63, 3.8) is 0 Å². The Balaban J connectivity index is 0.000000133. The smallest absolute Gasteiger partial charge is 0.356 e. The Morgan fingerprint density at radius 1 is 0.353 bits per heavy atom. The Bertz CT molecular complexity index is 7200. The number of carboxylic acid groups (broad SMARTS) is 6. The van der Waals surface area contributed by atoms with Crippen LogP contribution in [0.5, 0.6) is 46.0 Å². The highest BCUT2D eigenvalue weighted by molar-refractivity contribution is 6.30. The zero-order chi connectivity index (χ0) is 98.5. The lowest BCUT2D eigenvalue weighted by molar-refractivity contribution is 0.0673. The predicted molar refractivity (Wildman–Crippen MR) is 519 cm³/mol. The number of methoxy groups -OCH3 is 5. The third-order valence-corrected chi connectivity index (χ3v) is 22.9. The quantitative estimate of drug-likeness (QED) is 0.0216. The van der Waals surface area contributed by atoms with Crippen LogP contribution < -0.4 is 48.5 Å². The third kappa shape index (κ3) is 23.9. The fourth-order valence-electron chi connectivity index (χ4n) is 15.8. The molecular weight excluding hydrogens is 1800 g/mol. The molecule has 0 saturated heterocycles. The maximum absolute atomic E-state index is 11.7. The highest BCUT2D eigenvalue weighted by Gasteiger charge is 2.23. The highest BCUT2D eigenvalue weighted by Crippen LogP contribution is 2.33. The molecule has 0 aliphatic carbocycles. The van der Waals surface area contributed by atoms with E-state index in [1.165, 1.54) is 36.0 Å². The number of aromatic nitrogens is 12. The van der Waals surface area contributed by atoms with Crippen LogP contribution in [0.1, 0.15) is 141 Å². The van der Waals surface area contributed by atoms with Crippen LogP contribution in [0.4, 0.5) is 5.69 Å². The van der Waals surface area contributed by atoms with Gasteiger partial charge in [-0.1, -0.05) is 78.3 Å². The van der Waals surface area contributed by atoms with E-state index in [9.17, 15) is 59.4 Å². The van der Waals surface area contributed by atoms with Crippen molar-refractivity contribution < 1.29 is 97.3 Å². The maximum atomic E-state index is 11.7. The zero-order valence-electron chi connectivity index (χ0n) is 77.2. The van der Waals surface area contributed by atoms with Crippen LogP contribution in [-0.2, 0) is 65.0 Å². The second-order valence-corrected chi connectivity index (χ2v) is 32.4. The molecule has 34 nitrogen and oxygen atoms in total. The fourth-order valence-corrected chi connectivity index (χ4v) is 16.0. The van der Waals surface area contributed by atoms with Crippen LogP contribution in [0.15, 0.2) is 256 Å². The van der Waals surface area contributed by atoms with Gasteiger partial charge in [-0.3, -0.25) is 26.4 Å². The largest absolute Gasteiger partial charge is 0.496 e. The van der Waals surface area contributed by atoms with Crippen molar-refractivity contribution in [1.29, 1.82) is 0 Å². The number of ether oxygens (including phenoxy) is 8. The summed E-state index contributed by atoms with van der Waals surface area (Å²) in [6.45, 7) is 11.1. The molecule has 6 aromatic carbocycles. The normalized spacial score (nSPS) is 11.3. The minimum absolute atomic E-state index is 0.0473. The van der Waals surface area contributed by atoms with Gasteiger partial charge in [0, 0.05) is 133 Å². The Morgan fingerprint density at radius 2 is 0.777 bits per heavy atom. The van der Waals surface area contributed by atoms with E-state index in [0.717, 1.165) is 104 Å². The molecule has 19 rings (SSSR count). The third-order valence-electron chi connectivity index (χ3n) is 22.7. The first kappa shape index (κ1) is 97.7. The minimum Gasteiger partial charge on any atom is -0.496 e. The lowest BCUT2D eigenvalue weighted by Gasteiger charge is -2.20. The summed E-state index contributed by atoms with van der Waals surface area (Å²) in [4.78, 5) is 93.6. The first-order valence-electron chi connectivity index (χ1n) is 43.6. The van der Waals surface area contributed by atoms with Crippen molar-refractivity contribution in [1.82, 2.24) is 61.6 Å². The molecule has 1 aliphatic rings. The maximum Gasteiger partial charge on any atom is 0.356 e. The van der Waals surface area contributed by atoms with Gasteiger partial charge in [-0.15, -0.1) is 0 Å². The summed E-state index contributed by atoms with van der Waals surface area (Å²) in [5.41, 5.74) is 19.9. The van der Waals surface area contributed by atoms with Gasteiger partial charge >= 0.3 is 35.8 Å². The molecule has 8 N–H and O–H groups in total. The van der Waals surface area contributed by atoms with Crippen molar-refractivity contribution in [2.45, 2.75) is 92.7 Å². The van der Waals surface area contributed by atoms with Crippen LogP contribution in [0.2, 0.25) is 5.02 Å². The average molecular weight is 1900 g/mol. The van der Waals surface area contributed by atoms with Gasteiger partial charge in [-0.2, -0.15) is 0 Å².